The minimum Gasteiger partial charge on any atom is -0.310 e. The van der Waals surface area contributed by atoms with Gasteiger partial charge in [-0.15, -0.1) is 0 Å². The van der Waals surface area contributed by atoms with E-state index in [0.29, 0.717) is 0 Å². The third kappa shape index (κ3) is 3.49. The van der Waals surface area contributed by atoms with Crippen LogP contribution in [0.25, 0.3) is 21.9 Å². The molecule has 0 heterocycles. The minimum absolute atomic E-state index is 0.110. The zero-order valence-electron chi connectivity index (χ0n) is 13.5. The lowest BCUT2D eigenvalue weighted by atomic mass is 9.98. The van der Waals surface area contributed by atoms with Gasteiger partial charge in [-0.1, -0.05) is 60.7 Å². The average Bonchev–Trinajstić information content (AvgIpc) is 2.59. The summed E-state index contributed by atoms with van der Waals surface area (Å²) in [6, 6.07) is 23.3. The third-order valence-electron chi connectivity index (χ3n) is 4.32. The monoisotopic (exact) mass is 303 g/mol. The topological polar surface area (TPSA) is 29.1 Å². The standard InChI is InChI=1S/C21H21NO/c1-15(23)21(22-2)13-16-7-9-18(10-8-16)20-12-11-17-5-3-4-6-19(17)14-20/h3-12,14,21-22H,13H2,1-2H3/t21-/m0/s1. The number of hydrogen-bond acceptors (Lipinski definition) is 2. The van der Waals surface area contributed by atoms with E-state index in [1.54, 1.807) is 6.92 Å². The van der Waals surface area contributed by atoms with Crippen molar-refractivity contribution in [3.05, 3.63) is 72.3 Å². The summed E-state index contributed by atoms with van der Waals surface area (Å²) in [6.07, 6.45) is 0.726. The summed E-state index contributed by atoms with van der Waals surface area (Å²) >= 11 is 0. The first-order valence-corrected chi connectivity index (χ1v) is 7.93. The van der Waals surface area contributed by atoms with Gasteiger partial charge in [-0.25, -0.2) is 0 Å². The molecular formula is C21H21NO. The highest BCUT2D eigenvalue weighted by molar-refractivity contribution is 5.87. The number of likely N-dealkylation sites (N-methyl/N-ethyl adjacent to an activating group) is 1. The van der Waals surface area contributed by atoms with Crippen LogP contribution >= 0.6 is 0 Å². The Kier molecular flexibility index (Phi) is 4.54. The molecule has 0 saturated carbocycles. The van der Waals surface area contributed by atoms with E-state index in [2.05, 4.69) is 72.0 Å². The van der Waals surface area contributed by atoms with Crippen molar-refractivity contribution in [3.63, 3.8) is 0 Å². The van der Waals surface area contributed by atoms with Crippen molar-refractivity contribution in [2.45, 2.75) is 19.4 Å². The molecule has 3 aromatic carbocycles. The van der Waals surface area contributed by atoms with Crippen molar-refractivity contribution in [2.24, 2.45) is 0 Å². The van der Waals surface area contributed by atoms with Crippen molar-refractivity contribution in [3.8, 4) is 11.1 Å². The van der Waals surface area contributed by atoms with Gasteiger partial charge in [-0.3, -0.25) is 4.79 Å². The van der Waals surface area contributed by atoms with Gasteiger partial charge in [0.15, 0.2) is 0 Å². The molecule has 0 spiro atoms. The fourth-order valence-electron chi connectivity index (χ4n) is 2.89. The van der Waals surface area contributed by atoms with Gasteiger partial charge < -0.3 is 5.32 Å². The molecule has 0 fully saturated rings. The molecule has 0 saturated heterocycles. The highest BCUT2D eigenvalue weighted by atomic mass is 16.1. The molecule has 0 aliphatic carbocycles. The number of ketones is 1. The Morgan fingerprint density at radius 2 is 1.57 bits per heavy atom. The number of rotatable bonds is 5. The number of nitrogens with one attached hydrogen (secondary N) is 1. The normalized spacial score (nSPS) is 12.3. The molecule has 0 aromatic heterocycles. The van der Waals surface area contributed by atoms with Crippen molar-refractivity contribution in [1.82, 2.24) is 5.32 Å². The van der Waals surface area contributed by atoms with E-state index >= 15 is 0 Å². The Labute approximate surface area is 137 Å². The second-order valence-electron chi connectivity index (χ2n) is 5.91. The molecule has 3 rings (SSSR count). The largest absolute Gasteiger partial charge is 0.310 e. The van der Waals surface area contributed by atoms with E-state index in [-0.39, 0.29) is 11.8 Å². The molecule has 1 N–H and O–H groups in total. The zero-order valence-corrected chi connectivity index (χ0v) is 13.5. The van der Waals surface area contributed by atoms with Gasteiger partial charge in [0, 0.05) is 0 Å². The molecule has 0 radical (unpaired) electrons. The molecule has 0 unspecified atom stereocenters. The second-order valence-corrected chi connectivity index (χ2v) is 5.91. The minimum atomic E-state index is -0.110. The molecule has 0 aliphatic heterocycles. The second kappa shape index (κ2) is 6.76. The lowest BCUT2D eigenvalue weighted by molar-refractivity contribution is -0.118. The Bertz CT molecular complexity index is 821. The molecular weight excluding hydrogens is 282 g/mol. The summed E-state index contributed by atoms with van der Waals surface area (Å²) in [5, 5.41) is 5.57. The van der Waals surface area contributed by atoms with Gasteiger partial charge in [0.25, 0.3) is 0 Å². The summed E-state index contributed by atoms with van der Waals surface area (Å²) < 4.78 is 0. The van der Waals surface area contributed by atoms with Gasteiger partial charge in [0.05, 0.1) is 6.04 Å². The SMILES string of the molecule is CN[C@@H](Cc1ccc(-c2ccc3ccccc3c2)cc1)C(C)=O. The van der Waals surface area contributed by atoms with Gasteiger partial charge in [0.1, 0.15) is 5.78 Å². The summed E-state index contributed by atoms with van der Waals surface area (Å²) in [5.74, 6) is 0.172. The molecule has 0 amide bonds. The number of hydrogen-bond donors (Lipinski definition) is 1. The van der Waals surface area contributed by atoms with Crippen LogP contribution in [0.15, 0.2) is 66.7 Å². The Morgan fingerprint density at radius 1 is 0.913 bits per heavy atom. The van der Waals surface area contributed by atoms with Crippen LogP contribution in [-0.4, -0.2) is 18.9 Å². The molecule has 23 heavy (non-hydrogen) atoms. The Morgan fingerprint density at radius 3 is 2.22 bits per heavy atom. The van der Waals surface area contributed by atoms with Crippen molar-refractivity contribution in [2.75, 3.05) is 7.05 Å². The van der Waals surface area contributed by atoms with Crippen LogP contribution in [0.3, 0.4) is 0 Å². The predicted octanol–water partition coefficient (Wildman–Crippen LogP) is 4.23. The summed E-state index contributed by atoms with van der Waals surface area (Å²) in [7, 11) is 1.83. The zero-order chi connectivity index (χ0) is 16.2. The van der Waals surface area contributed by atoms with Crippen molar-refractivity contribution < 1.29 is 4.79 Å². The maximum Gasteiger partial charge on any atom is 0.147 e. The van der Waals surface area contributed by atoms with Gasteiger partial charge >= 0.3 is 0 Å². The average molecular weight is 303 g/mol. The lowest BCUT2D eigenvalue weighted by Gasteiger charge is -2.13. The van der Waals surface area contributed by atoms with E-state index in [9.17, 15) is 4.79 Å². The van der Waals surface area contributed by atoms with Crippen LogP contribution < -0.4 is 5.32 Å². The number of carbonyl (C=O) groups is 1. The van der Waals surface area contributed by atoms with Gasteiger partial charge in [0.2, 0.25) is 0 Å². The van der Waals surface area contributed by atoms with Crippen LogP contribution in [0.2, 0.25) is 0 Å². The Hall–Kier alpha value is -2.45. The van der Waals surface area contributed by atoms with Crippen LogP contribution in [0.4, 0.5) is 0 Å². The van der Waals surface area contributed by atoms with Crippen LogP contribution in [0.5, 0.6) is 0 Å². The number of Topliss-reactive ketones (excluding diaryl/α,β-unsaturated/α-hetero) is 1. The van der Waals surface area contributed by atoms with E-state index < -0.39 is 0 Å². The van der Waals surface area contributed by atoms with Crippen LogP contribution in [0, 0.1) is 0 Å². The third-order valence-corrected chi connectivity index (χ3v) is 4.32. The van der Waals surface area contributed by atoms with E-state index in [1.165, 1.54) is 27.5 Å². The lowest BCUT2D eigenvalue weighted by Crippen LogP contribution is -2.34. The van der Waals surface area contributed by atoms with Gasteiger partial charge in [-0.2, -0.15) is 0 Å². The molecule has 2 nitrogen and oxygen atoms in total. The summed E-state index contributed by atoms with van der Waals surface area (Å²) in [5.41, 5.74) is 3.58. The first kappa shape index (κ1) is 15.4. The van der Waals surface area contributed by atoms with E-state index in [0.717, 1.165) is 6.42 Å². The quantitative estimate of drug-likeness (QED) is 0.764. The molecule has 0 aliphatic rings. The fourth-order valence-corrected chi connectivity index (χ4v) is 2.89. The smallest absolute Gasteiger partial charge is 0.147 e. The first-order valence-electron chi connectivity index (χ1n) is 7.93. The highest BCUT2D eigenvalue weighted by Gasteiger charge is 2.12. The van der Waals surface area contributed by atoms with Crippen LogP contribution in [0.1, 0.15) is 12.5 Å². The molecule has 116 valence electrons. The summed E-state index contributed by atoms with van der Waals surface area (Å²) in [6.45, 7) is 1.63. The van der Waals surface area contributed by atoms with E-state index in [4.69, 9.17) is 0 Å². The number of benzene rings is 3. The number of carbonyl (C=O) groups excluding carboxylic acids is 1. The van der Waals surface area contributed by atoms with Crippen molar-refractivity contribution >= 4 is 16.6 Å². The van der Waals surface area contributed by atoms with E-state index in [1.807, 2.05) is 7.05 Å². The fraction of sp³-hybridized carbons (Fsp3) is 0.190. The molecule has 1 atom stereocenters. The summed E-state index contributed by atoms with van der Waals surface area (Å²) in [4.78, 5) is 11.5. The Balaban J connectivity index is 1.84. The molecule has 3 aromatic rings. The van der Waals surface area contributed by atoms with Gasteiger partial charge in [-0.05, 0) is 53.9 Å². The predicted molar refractivity (Wildman–Crippen MR) is 96.6 cm³/mol. The highest BCUT2D eigenvalue weighted by Crippen LogP contribution is 2.25. The number of fused-ring (bicyclic) bond motifs is 1. The van der Waals surface area contributed by atoms with Crippen molar-refractivity contribution in [1.29, 1.82) is 0 Å². The maximum absolute atomic E-state index is 11.5. The molecule has 0 bridgehead atoms. The van der Waals surface area contributed by atoms with Crippen LogP contribution in [-0.2, 0) is 11.2 Å². The first-order chi connectivity index (χ1) is 11.2. The maximum atomic E-state index is 11.5. The molecule has 2 heteroatoms.